The Bertz CT molecular complexity index is 350. The summed E-state index contributed by atoms with van der Waals surface area (Å²) in [5.41, 5.74) is 0.320. The summed E-state index contributed by atoms with van der Waals surface area (Å²) in [7, 11) is 1.75. The fourth-order valence-electron chi connectivity index (χ4n) is 1.20. The van der Waals surface area contributed by atoms with E-state index in [1.165, 1.54) is 18.3 Å². The topological polar surface area (TPSA) is 53.2 Å². The van der Waals surface area contributed by atoms with Crippen molar-refractivity contribution in [2.24, 2.45) is 0 Å². The lowest BCUT2D eigenvalue weighted by molar-refractivity contribution is 0.0794. The number of aromatic amines is 1. The molecule has 1 rings (SSSR count). The van der Waals surface area contributed by atoms with E-state index in [0.717, 1.165) is 13.0 Å². The number of nitrogens with zero attached hydrogens (tertiary/aromatic N) is 1. The van der Waals surface area contributed by atoms with Crippen molar-refractivity contribution in [1.29, 1.82) is 0 Å². The Hall–Kier alpha value is -1.58. The van der Waals surface area contributed by atoms with Gasteiger partial charge in [0.2, 0.25) is 5.56 Å². The monoisotopic (exact) mass is 194 g/mol. The number of rotatable bonds is 3. The summed E-state index contributed by atoms with van der Waals surface area (Å²) < 4.78 is 0. The molecule has 1 amide bonds. The number of amides is 1. The minimum atomic E-state index is -0.195. The maximum absolute atomic E-state index is 11.6. The van der Waals surface area contributed by atoms with Crippen LogP contribution in [0.1, 0.15) is 23.7 Å². The van der Waals surface area contributed by atoms with Crippen molar-refractivity contribution in [3.05, 3.63) is 34.2 Å². The summed E-state index contributed by atoms with van der Waals surface area (Å²) in [5, 5.41) is 0. The van der Waals surface area contributed by atoms with E-state index in [4.69, 9.17) is 0 Å². The van der Waals surface area contributed by atoms with Gasteiger partial charge in [0.15, 0.2) is 0 Å². The molecule has 76 valence electrons. The number of aromatic nitrogens is 1. The number of hydrogen-bond donors (Lipinski definition) is 1. The first-order valence-electron chi connectivity index (χ1n) is 4.59. The van der Waals surface area contributed by atoms with Gasteiger partial charge in [-0.05, 0) is 12.5 Å². The Labute approximate surface area is 82.6 Å². The largest absolute Gasteiger partial charge is 0.342 e. The molecule has 0 aliphatic carbocycles. The predicted molar refractivity (Wildman–Crippen MR) is 54.3 cm³/mol. The maximum atomic E-state index is 11.6. The van der Waals surface area contributed by atoms with Crippen LogP contribution in [-0.2, 0) is 0 Å². The second-order valence-corrected chi connectivity index (χ2v) is 3.17. The standard InChI is InChI=1S/C10H14N2O2/c1-3-6-12(2)10(14)8-4-5-9(13)11-7-8/h4-5,7H,3,6H2,1-2H3,(H,11,13). The van der Waals surface area contributed by atoms with Crippen molar-refractivity contribution in [2.45, 2.75) is 13.3 Å². The minimum Gasteiger partial charge on any atom is -0.342 e. The van der Waals surface area contributed by atoms with Gasteiger partial charge in [0.1, 0.15) is 0 Å². The van der Waals surface area contributed by atoms with Crippen LogP contribution >= 0.6 is 0 Å². The van der Waals surface area contributed by atoms with E-state index in [9.17, 15) is 9.59 Å². The van der Waals surface area contributed by atoms with Gasteiger partial charge in [-0.1, -0.05) is 6.92 Å². The fourth-order valence-corrected chi connectivity index (χ4v) is 1.20. The van der Waals surface area contributed by atoms with Crippen molar-refractivity contribution in [3.63, 3.8) is 0 Å². The lowest BCUT2D eigenvalue weighted by Crippen LogP contribution is -2.27. The molecule has 0 unspecified atom stereocenters. The van der Waals surface area contributed by atoms with Gasteiger partial charge in [-0.15, -0.1) is 0 Å². The number of carbonyl (C=O) groups is 1. The third kappa shape index (κ3) is 2.45. The van der Waals surface area contributed by atoms with Crippen molar-refractivity contribution in [3.8, 4) is 0 Å². The van der Waals surface area contributed by atoms with Crippen molar-refractivity contribution in [2.75, 3.05) is 13.6 Å². The smallest absolute Gasteiger partial charge is 0.255 e. The second-order valence-electron chi connectivity index (χ2n) is 3.17. The highest BCUT2D eigenvalue weighted by molar-refractivity contribution is 5.93. The zero-order valence-electron chi connectivity index (χ0n) is 8.41. The molecule has 0 saturated heterocycles. The second kappa shape index (κ2) is 4.60. The molecule has 0 bridgehead atoms. The molecule has 14 heavy (non-hydrogen) atoms. The summed E-state index contributed by atoms with van der Waals surface area (Å²) >= 11 is 0. The third-order valence-electron chi connectivity index (χ3n) is 1.94. The molecule has 0 aromatic carbocycles. The Morgan fingerprint density at radius 1 is 1.50 bits per heavy atom. The SMILES string of the molecule is CCCN(C)C(=O)c1ccc(=O)[nH]c1. The van der Waals surface area contributed by atoms with Crippen LogP contribution in [-0.4, -0.2) is 29.4 Å². The molecule has 0 atom stereocenters. The van der Waals surface area contributed by atoms with Crippen LogP contribution in [0, 0.1) is 0 Å². The van der Waals surface area contributed by atoms with E-state index >= 15 is 0 Å². The molecule has 0 saturated carbocycles. The van der Waals surface area contributed by atoms with Gasteiger partial charge in [-0.25, -0.2) is 0 Å². The highest BCUT2D eigenvalue weighted by atomic mass is 16.2. The van der Waals surface area contributed by atoms with E-state index in [0.29, 0.717) is 5.56 Å². The maximum Gasteiger partial charge on any atom is 0.255 e. The quantitative estimate of drug-likeness (QED) is 0.775. The summed E-state index contributed by atoms with van der Waals surface area (Å²) in [5.74, 6) is -0.0666. The molecule has 0 fully saturated rings. The van der Waals surface area contributed by atoms with Crippen LogP contribution in [0.2, 0.25) is 0 Å². The number of H-pyrrole nitrogens is 1. The summed E-state index contributed by atoms with van der Waals surface area (Å²) in [6.07, 6.45) is 2.36. The number of carbonyl (C=O) groups excluding carboxylic acids is 1. The van der Waals surface area contributed by atoms with Gasteiger partial charge in [0.25, 0.3) is 5.91 Å². The van der Waals surface area contributed by atoms with E-state index in [1.54, 1.807) is 11.9 Å². The van der Waals surface area contributed by atoms with Gasteiger partial charge in [-0.2, -0.15) is 0 Å². The molecule has 1 N–H and O–H groups in total. The number of hydrogen-bond acceptors (Lipinski definition) is 2. The van der Waals surface area contributed by atoms with Gasteiger partial charge < -0.3 is 9.88 Å². The Kier molecular flexibility index (Phi) is 3.45. The molecule has 4 nitrogen and oxygen atoms in total. The molecule has 0 spiro atoms. The lowest BCUT2D eigenvalue weighted by atomic mass is 10.2. The average molecular weight is 194 g/mol. The normalized spacial score (nSPS) is 9.86. The Morgan fingerprint density at radius 2 is 2.21 bits per heavy atom. The van der Waals surface area contributed by atoms with Crippen LogP contribution in [0.5, 0.6) is 0 Å². The fraction of sp³-hybridized carbons (Fsp3) is 0.400. The number of pyridine rings is 1. The van der Waals surface area contributed by atoms with Crippen LogP contribution in [0.4, 0.5) is 0 Å². The van der Waals surface area contributed by atoms with Gasteiger partial charge in [-0.3, -0.25) is 9.59 Å². The highest BCUT2D eigenvalue weighted by Crippen LogP contribution is 1.99. The van der Waals surface area contributed by atoms with E-state index in [2.05, 4.69) is 4.98 Å². The Morgan fingerprint density at radius 3 is 2.71 bits per heavy atom. The van der Waals surface area contributed by atoms with E-state index < -0.39 is 0 Å². The zero-order valence-corrected chi connectivity index (χ0v) is 8.41. The van der Waals surface area contributed by atoms with Crippen molar-refractivity contribution < 1.29 is 4.79 Å². The van der Waals surface area contributed by atoms with Crippen LogP contribution in [0.3, 0.4) is 0 Å². The minimum absolute atomic E-state index is 0.0666. The molecule has 1 heterocycles. The molecular weight excluding hydrogens is 180 g/mol. The summed E-state index contributed by atoms with van der Waals surface area (Å²) in [6.45, 7) is 2.73. The van der Waals surface area contributed by atoms with Gasteiger partial charge in [0.05, 0.1) is 5.56 Å². The van der Waals surface area contributed by atoms with Crippen LogP contribution < -0.4 is 5.56 Å². The summed E-state index contributed by atoms with van der Waals surface area (Å²) in [6, 6.07) is 2.89. The lowest BCUT2D eigenvalue weighted by Gasteiger charge is -2.15. The van der Waals surface area contributed by atoms with E-state index in [1.807, 2.05) is 6.92 Å². The third-order valence-corrected chi connectivity index (χ3v) is 1.94. The zero-order chi connectivity index (χ0) is 10.6. The molecule has 0 aliphatic rings. The molecule has 1 aromatic heterocycles. The van der Waals surface area contributed by atoms with E-state index in [-0.39, 0.29) is 11.5 Å². The molecule has 0 aliphatic heterocycles. The predicted octanol–water partition coefficient (Wildman–Crippen LogP) is 0.857. The first kappa shape index (κ1) is 10.5. The Balaban J connectivity index is 2.79. The molecule has 0 radical (unpaired) electrons. The van der Waals surface area contributed by atoms with Gasteiger partial charge >= 0.3 is 0 Å². The van der Waals surface area contributed by atoms with Crippen molar-refractivity contribution >= 4 is 5.91 Å². The van der Waals surface area contributed by atoms with Crippen LogP contribution in [0.25, 0.3) is 0 Å². The average Bonchev–Trinajstić information content (AvgIpc) is 2.18. The van der Waals surface area contributed by atoms with Gasteiger partial charge in [0, 0.05) is 25.9 Å². The molecule has 4 heteroatoms. The molecule has 1 aromatic rings. The highest BCUT2D eigenvalue weighted by Gasteiger charge is 2.09. The van der Waals surface area contributed by atoms with Crippen LogP contribution in [0.15, 0.2) is 23.1 Å². The summed E-state index contributed by atoms with van der Waals surface area (Å²) in [4.78, 5) is 26.5. The number of nitrogens with one attached hydrogen (secondary N) is 1. The first-order chi connectivity index (χ1) is 6.65. The molecular formula is C10H14N2O2. The van der Waals surface area contributed by atoms with Crippen molar-refractivity contribution in [1.82, 2.24) is 9.88 Å². The first-order valence-corrected chi connectivity index (χ1v) is 4.59.